The lowest BCUT2D eigenvalue weighted by Gasteiger charge is -2.15. The third-order valence-corrected chi connectivity index (χ3v) is 5.50. The van der Waals surface area contributed by atoms with Crippen LogP contribution in [0.3, 0.4) is 0 Å². The first-order chi connectivity index (χ1) is 17.0. The zero-order valence-corrected chi connectivity index (χ0v) is 20.5. The van der Waals surface area contributed by atoms with Crippen molar-refractivity contribution >= 4 is 23.3 Å². The van der Waals surface area contributed by atoms with Crippen LogP contribution in [0.25, 0.3) is 5.69 Å². The molecule has 0 aliphatic carbocycles. The third kappa shape index (κ3) is 4.91. The molecule has 0 atom stereocenters. The average molecular weight is 477 g/mol. The molecule has 0 aliphatic rings. The number of aryl methyl sites for hydroxylation is 1. The number of hydrogen-bond donors (Lipinski definition) is 2. The summed E-state index contributed by atoms with van der Waals surface area (Å²) in [5.74, 6) is 4.15. The van der Waals surface area contributed by atoms with E-state index in [9.17, 15) is 0 Å². The van der Waals surface area contributed by atoms with E-state index < -0.39 is 0 Å². The number of anilines is 4. The first kappa shape index (κ1) is 23.7. The highest BCUT2D eigenvalue weighted by Gasteiger charge is 2.16. The normalized spacial score (nSPS) is 10.6. The van der Waals surface area contributed by atoms with E-state index in [-0.39, 0.29) is 0 Å². The number of nitrogens with one attached hydrogen (secondary N) is 2. The molecule has 2 aromatic heterocycles. The van der Waals surface area contributed by atoms with Crippen LogP contribution in [0.4, 0.5) is 23.3 Å². The lowest BCUT2D eigenvalue weighted by molar-refractivity contribution is 0.324. The molecule has 2 aromatic carbocycles. The molecule has 0 bridgehead atoms. The summed E-state index contributed by atoms with van der Waals surface area (Å²) < 4.78 is 23.4. The predicted octanol–water partition coefficient (Wildman–Crippen LogP) is 4.80. The van der Waals surface area contributed by atoms with Gasteiger partial charge in [-0.2, -0.15) is 10.1 Å². The van der Waals surface area contributed by atoms with E-state index in [0.29, 0.717) is 34.7 Å². The summed E-state index contributed by atoms with van der Waals surface area (Å²) in [4.78, 5) is 8.97. The zero-order chi connectivity index (χ0) is 24.9. The van der Waals surface area contributed by atoms with Crippen LogP contribution in [0, 0.1) is 13.8 Å². The fraction of sp³-hybridized carbons (Fsp3) is 0.240. The SMILES string of the molecule is COc1ccc(-n2nc(C)c(C)c2Nc2ccnc(Nc3cc(OC)c(OC)c(OC)c3)n2)cc1. The Labute approximate surface area is 203 Å². The second kappa shape index (κ2) is 10.2. The van der Waals surface area contributed by atoms with Gasteiger partial charge < -0.3 is 29.6 Å². The van der Waals surface area contributed by atoms with E-state index in [1.165, 1.54) is 0 Å². The molecule has 10 nitrogen and oxygen atoms in total. The van der Waals surface area contributed by atoms with Gasteiger partial charge in [-0.1, -0.05) is 0 Å². The number of ether oxygens (including phenoxy) is 4. The number of hydrogen-bond acceptors (Lipinski definition) is 9. The van der Waals surface area contributed by atoms with Gasteiger partial charge in [-0.25, -0.2) is 9.67 Å². The standard InChI is InChI=1S/C25H28N6O4/c1-15-16(2)30-31(18-7-9-19(32-3)10-8-18)24(15)28-22-11-12-26-25(29-22)27-17-13-20(33-4)23(35-6)21(14-17)34-5/h7-14H,1-6H3,(H2,26,27,28,29). The summed E-state index contributed by atoms with van der Waals surface area (Å²) in [5.41, 5.74) is 3.51. The Kier molecular flexibility index (Phi) is 6.91. The maximum Gasteiger partial charge on any atom is 0.229 e. The number of benzene rings is 2. The Bertz CT molecular complexity index is 1300. The highest BCUT2D eigenvalue weighted by atomic mass is 16.5. The van der Waals surface area contributed by atoms with E-state index in [1.54, 1.807) is 52.8 Å². The molecule has 0 radical (unpaired) electrons. The quantitative estimate of drug-likeness (QED) is 0.352. The van der Waals surface area contributed by atoms with Gasteiger partial charge in [0.25, 0.3) is 0 Å². The van der Waals surface area contributed by atoms with Gasteiger partial charge in [-0.3, -0.25) is 0 Å². The van der Waals surface area contributed by atoms with Crippen molar-refractivity contribution in [2.24, 2.45) is 0 Å². The van der Waals surface area contributed by atoms with Crippen LogP contribution in [-0.2, 0) is 0 Å². The average Bonchev–Trinajstić information content (AvgIpc) is 3.16. The molecule has 182 valence electrons. The van der Waals surface area contributed by atoms with Gasteiger partial charge in [0.15, 0.2) is 11.5 Å². The summed E-state index contributed by atoms with van der Waals surface area (Å²) in [6.45, 7) is 3.99. The van der Waals surface area contributed by atoms with Crippen LogP contribution in [0.2, 0.25) is 0 Å². The Hall–Kier alpha value is -4.47. The Morgan fingerprint density at radius 3 is 2.09 bits per heavy atom. The van der Waals surface area contributed by atoms with E-state index in [0.717, 1.165) is 28.5 Å². The van der Waals surface area contributed by atoms with E-state index >= 15 is 0 Å². The molecule has 0 amide bonds. The maximum atomic E-state index is 5.43. The summed E-state index contributed by atoms with van der Waals surface area (Å²) in [7, 11) is 6.34. The van der Waals surface area contributed by atoms with Crippen LogP contribution in [0.1, 0.15) is 11.3 Å². The zero-order valence-electron chi connectivity index (χ0n) is 20.5. The van der Waals surface area contributed by atoms with Crippen molar-refractivity contribution in [3.63, 3.8) is 0 Å². The van der Waals surface area contributed by atoms with Crippen LogP contribution in [0.15, 0.2) is 48.7 Å². The number of nitrogens with zero attached hydrogens (tertiary/aromatic N) is 4. The van der Waals surface area contributed by atoms with Crippen molar-refractivity contribution in [3.8, 4) is 28.7 Å². The monoisotopic (exact) mass is 476 g/mol. The maximum absolute atomic E-state index is 5.43. The van der Waals surface area contributed by atoms with E-state index in [1.807, 2.05) is 42.8 Å². The van der Waals surface area contributed by atoms with E-state index in [2.05, 4.69) is 20.6 Å². The van der Waals surface area contributed by atoms with Crippen molar-refractivity contribution in [3.05, 3.63) is 59.9 Å². The fourth-order valence-electron chi connectivity index (χ4n) is 3.55. The molecule has 2 heterocycles. The summed E-state index contributed by atoms with van der Waals surface area (Å²) in [6.07, 6.45) is 1.67. The molecule has 0 saturated carbocycles. The molecule has 0 aliphatic heterocycles. The highest BCUT2D eigenvalue weighted by molar-refractivity contribution is 5.67. The van der Waals surface area contributed by atoms with Crippen LogP contribution >= 0.6 is 0 Å². The molecule has 0 spiro atoms. The molecule has 35 heavy (non-hydrogen) atoms. The second-order valence-corrected chi connectivity index (χ2v) is 7.60. The predicted molar refractivity (Wildman–Crippen MR) is 134 cm³/mol. The van der Waals surface area contributed by atoms with Gasteiger partial charge in [0.05, 0.1) is 39.8 Å². The molecule has 0 unspecified atom stereocenters. The topological polar surface area (TPSA) is 105 Å². The highest BCUT2D eigenvalue weighted by Crippen LogP contribution is 2.40. The van der Waals surface area contributed by atoms with Crippen molar-refractivity contribution in [2.45, 2.75) is 13.8 Å². The third-order valence-electron chi connectivity index (χ3n) is 5.50. The second-order valence-electron chi connectivity index (χ2n) is 7.60. The number of methoxy groups -OCH3 is 4. The fourth-order valence-corrected chi connectivity index (χ4v) is 3.55. The molecule has 10 heteroatoms. The molecular formula is C25H28N6O4. The molecule has 0 fully saturated rings. The first-order valence-corrected chi connectivity index (χ1v) is 10.8. The Morgan fingerprint density at radius 2 is 1.49 bits per heavy atom. The lowest BCUT2D eigenvalue weighted by Crippen LogP contribution is -2.06. The number of aromatic nitrogens is 4. The minimum atomic E-state index is 0.397. The van der Waals surface area contributed by atoms with Gasteiger partial charge in [-0.15, -0.1) is 0 Å². The van der Waals surface area contributed by atoms with Crippen LogP contribution in [-0.4, -0.2) is 48.2 Å². The minimum Gasteiger partial charge on any atom is -0.497 e. The van der Waals surface area contributed by atoms with Crippen molar-refractivity contribution in [1.29, 1.82) is 0 Å². The first-order valence-electron chi connectivity index (χ1n) is 10.8. The van der Waals surface area contributed by atoms with Crippen molar-refractivity contribution < 1.29 is 18.9 Å². The lowest BCUT2D eigenvalue weighted by atomic mass is 10.2. The van der Waals surface area contributed by atoms with Crippen molar-refractivity contribution in [1.82, 2.24) is 19.7 Å². The summed E-state index contributed by atoms with van der Waals surface area (Å²) >= 11 is 0. The largest absolute Gasteiger partial charge is 0.497 e. The smallest absolute Gasteiger partial charge is 0.229 e. The van der Waals surface area contributed by atoms with Gasteiger partial charge in [0, 0.05) is 29.6 Å². The van der Waals surface area contributed by atoms with Gasteiger partial charge in [-0.05, 0) is 44.2 Å². The summed E-state index contributed by atoms with van der Waals surface area (Å²) in [6, 6.07) is 13.1. The Morgan fingerprint density at radius 1 is 0.800 bits per heavy atom. The van der Waals surface area contributed by atoms with Gasteiger partial charge >= 0.3 is 0 Å². The molecular weight excluding hydrogens is 448 g/mol. The van der Waals surface area contributed by atoms with Gasteiger partial charge in [0.2, 0.25) is 11.7 Å². The number of rotatable bonds is 9. The summed E-state index contributed by atoms with van der Waals surface area (Å²) in [5, 5.41) is 11.3. The Balaban J connectivity index is 1.63. The van der Waals surface area contributed by atoms with Crippen molar-refractivity contribution in [2.75, 3.05) is 39.1 Å². The van der Waals surface area contributed by atoms with Crippen LogP contribution < -0.4 is 29.6 Å². The molecule has 4 rings (SSSR count). The molecule has 0 saturated heterocycles. The van der Waals surface area contributed by atoms with Gasteiger partial charge in [0.1, 0.15) is 17.4 Å². The minimum absolute atomic E-state index is 0.397. The molecule has 2 N–H and O–H groups in total. The van der Waals surface area contributed by atoms with Crippen LogP contribution in [0.5, 0.6) is 23.0 Å². The molecule has 4 aromatic rings. The van der Waals surface area contributed by atoms with E-state index in [4.69, 9.17) is 24.0 Å².